The van der Waals surface area contributed by atoms with Crippen molar-refractivity contribution in [1.82, 2.24) is 19.7 Å². The van der Waals surface area contributed by atoms with Gasteiger partial charge in [0, 0.05) is 56.6 Å². The maximum Gasteiger partial charge on any atom is 0.270 e. The molecule has 0 atom stereocenters. The first-order valence-electron chi connectivity index (χ1n) is 11.0. The fourth-order valence-electron chi connectivity index (χ4n) is 4.64. The molecule has 0 saturated carbocycles. The molecule has 1 aromatic heterocycles. The second kappa shape index (κ2) is 9.28. The fourth-order valence-corrected chi connectivity index (χ4v) is 4.64. The third-order valence-corrected chi connectivity index (χ3v) is 6.62. The zero-order valence-corrected chi connectivity index (χ0v) is 19.3. The molecule has 0 aliphatic carbocycles. The number of nitrogens with zero attached hydrogens (tertiary/aromatic N) is 3. The van der Waals surface area contributed by atoms with Crippen LogP contribution in [0.1, 0.15) is 23.3 Å². The number of benzene rings is 1. The third-order valence-electron chi connectivity index (χ3n) is 6.62. The van der Waals surface area contributed by atoms with Crippen LogP contribution in [0.15, 0.2) is 12.1 Å². The van der Waals surface area contributed by atoms with Gasteiger partial charge in [-0.2, -0.15) is 0 Å². The van der Waals surface area contributed by atoms with Crippen LogP contribution < -0.4 is 14.2 Å². The molecule has 9 heteroatoms. The quantitative estimate of drug-likeness (QED) is 0.757. The Kier molecular flexibility index (Phi) is 6.45. The van der Waals surface area contributed by atoms with E-state index in [2.05, 4.69) is 16.9 Å². The summed E-state index contributed by atoms with van der Waals surface area (Å²) in [6.07, 6.45) is 1.38. The molecule has 2 amide bonds. The number of H-pyrrole nitrogens is 1. The van der Waals surface area contributed by atoms with Gasteiger partial charge in [-0.3, -0.25) is 9.59 Å². The molecule has 0 unspecified atom stereocenters. The van der Waals surface area contributed by atoms with E-state index in [4.69, 9.17) is 14.2 Å². The molecule has 4 rings (SSSR count). The zero-order valence-electron chi connectivity index (χ0n) is 19.3. The lowest BCUT2D eigenvalue weighted by Crippen LogP contribution is -2.51. The molecule has 2 saturated heterocycles. The molecular weight excluding hydrogens is 412 g/mol. The number of carbonyl (C=O) groups excluding carboxylic acids is 2. The number of nitrogens with one attached hydrogen (secondary N) is 1. The highest BCUT2D eigenvalue weighted by Crippen LogP contribution is 2.41. The number of piperidine rings is 1. The highest BCUT2D eigenvalue weighted by atomic mass is 16.5. The van der Waals surface area contributed by atoms with Crippen LogP contribution in [0, 0.1) is 5.92 Å². The lowest BCUT2D eigenvalue weighted by atomic mass is 9.94. The Balaban J connectivity index is 1.47. The maximum absolute atomic E-state index is 13.2. The van der Waals surface area contributed by atoms with Gasteiger partial charge in [0.1, 0.15) is 11.4 Å². The van der Waals surface area contributed by atoms with Crippen molar-refractivity contribution < 1.29 is 23.8 Å². The van der Waals surface area contributed by atoms with Crippen molar-refractivity contribution in [2.75, 3.05) is 67.6 Å². The normalized spacial score (nSPS) is 18.1. The molecule has 0 spiro atoms. The van der Waals surface area contributed by atoms with E-state index in [-0.39, 0.29) is 17.7 Å². The van der Waals surface area contributed by atoms with Crippen molar-refractivity contribution in [3.8, 4) is 17.2 Å². The first-order valence-corrected chi connectivity index (χ1v) is 11.0. The van der Waals surface area contributed by atoms with Crippen molar-refractivity contribution in [1.29, 1.82) is 0 Å². The van der Waals surface area contributed by atoms with Gasteiger partial charge in [0.25, 0.3) is 5.91 Å². The standard InChI is InChI=1S/C23H32N4O5/c1-25-9-11-27(12-10-25)22(28)15-5-7-26(8-6-15)23(29)17-13-16-18(30-2)14-19(31-3)21(32-4)20(16)24-17/h13-15,24H,5-12H2,1-4H3. The SMILES string of the molecule is COc1cc(OC)c2cc(C(=O)N3CCC(C(=O)N4CCN(C)CC4)CC3)[nH]c2c1OC. The maximum atomic E-state index is 13.2. The van der Waals surface area contributed by atoms with E-state index in [0.717, 1.165) is 31.6 Å². The number of ether oxygens (including phenoxy) is 3. The molecule has 1 N–H and O–H groups in total. The Morgan fingerprint density at radius 2 is 1.53 bits per heavy atom. The molecule has 0 bridgehead atoms. The molecule has 174 valence electrons. The van der Waals surface area contributed by atoms with Gasteiger partial charge in [-0.15, -0.1) is 0 Å². The highest BCUT2D eigenvalue weighted by molar-refractivity contribution is 6.02. The number of hydrogen-bond acceptors (Lipinski definition) is 6. The van der Waals surface area contributed by atoms with E-state index in [1.54, 1.807) is 33.5 Å². The van der Waals surface area contributed by atoms with Crippen LogP contribution in [0.2, 0.25) is 0 Å². The van der Waals surface area contributed by atoms with Crippen molar-refractivity contribution in [3.05, 3.63) is 17.8 Å². The van der Waals surface area contributed by atoms with Crippen LogP contribution in [0.4, 0.5) is 0 Å². The number of hydrogen-bond donors (Lipinski definition) is 1. The Hall–Kier alpha value is -2.94. The summed E-state index contributed by atoms with van der Waals surface area (Å²) in [5, 5.41) is 0.758. The van der Waals surface area contributed by atoms with Crippen LogP contribution in [0.3, 0.4) is 0 Å². The Morgan fingerprint density at radius 3 is 2.12 bits per heavy atom. The minimum atomic E-state index is -0.0882. The third kappa shape index (κ3) is 4.09. The molecule has 1 aromatic carbocycles. The van der Waals surface area contributed by atoms with E-state index in [0.29, 0.717) is 54.4 Å². The van der Waals surface area contributed by atoms with Crippen molar-refractivity contribution in [3.63, 3.8) is 0 Å². The van der Waals surface area contributed by atoms with Crippen LogP contribution in [-0.4, -0.2) is 99.1 Å². The number of fused-ring (bicyclic) bond motifs is 1. The first-order chi connectivity index (χ1) is 15.5. The number of aromatic nitrogens is 1. The van der Waals surface area contributed by atoms with Crippen LogP contribution in [-0.2, 0) is 4.79 Å². The summed E-state index contributed by atoms with van der Waals surface area (Å²) in [4.78, 5) is 35.3. The van der Waals surface area contributed by atoms with Gasteiger partial charge in [0.2, 0.25) is 5.91 Å². The molecule has 32 heavy (non-hydrogen) atoms. The lowest BCUT2D eigenvalue weighted by Gasteiger charge is -2.37. The number of likely N-dealkylation sites (N-methyl/N-ethyl adjacent to an activating group) is 1. The molecule has 2 aliphatic heterocycles. The van der Waals surface area contributed by atoms with Gasteiger partial charge in [-0.25, -0.2) is 0 Å². The summed E-state index contributed by atoms with van der Waals surface area (Å²) in [5.74, 6) is 1.80. The predicted octanol–water partition coefficient (Wildman–Crippen LogP) is 1.82. The van der Waals surface area contributed by atoms with Crippen LogP contribution >= 0.6 is 0 Å². The number of likely N-dealkylation sites (tertiary alicyclic amines) is 1. The second-order valence-electron chi connectivity index (χ2n) is 8.48. The lowest BCUT2D eigenvalue weighted by molar-refractivity contribution is -0.138. The van der Waals surface area contributed by atoms with Crippen molar-refractivity contribution in [2.24, 2.45) is 5.92 Å². The number of amides is 2. The van der Waals surface area contributed by atoms with E-state index < -0.39 is 0 Å². The van der Waals surface area contributed by atoms with Crippen molar-refractivity contribution in [2.45, 2.75) is 12.8 Å². The minimum Gasteiger partial charge on any atom is -0.496 e. The van der Waals surface area contributed by atoms with Crippen LogP contribution in [0.5, 0.6) is 17.2 Å². The van der Waals surface area contributed by atoms with E-state index in [9.17, 15) is 9.59 Å². The fraction of sp³-hybridized carbons (Fsp3) is 0.565. The molecular formula is C23H32N4O5. The smallest absolute Gasteiger partial charge is 0.270 e. The van der Waals surface area contributed by atoms with Gasteiger partial charge < -0.3 is 33.9 Å². The largest absolute Gasteiger partial charge is 0.496 e. The monoisotopic (exact) mass is 444 g/mol. The number of aromatic amines is 1. The van der Waals surface area contributed by atoms with E-state index in [1.165, 1.54) is 0 Å². The second-order valence-corrected chi connectivity index (χ2v) is 8.48. The summed E-state index contributed by atoms with van der Waals surface area (Å²) >= 11 is 0. The highest BCUT2D eigenvalue weighted by Gasteiger charge is 2.32. The molecule has 0 radical (unpaired) electrons. The van der Waals surface area contributed by atoms with Gasteiger partial charge in [-0.1, -0.05) is 0 Å². The minimum absolute atomic E-state index is 0.00498. The summed E-state index contributed by atoms with van der Waals surface area (Å²) in [7, 11) is 6.79. The Bertz CT molecular complexity index is 988. The molecule has 2 aromatic rings. The summed E-state index contributed by atoms with van der Waals surface area (Å²) in [5.41, 5.74) is 1.13. The summed E-state index contributed by atoms with van der Waals surface area (Å²) in [6.45, 7) is 4.54. The summed E-state index contributed by atoms with van der Waals surface area (Å²) < 4.78 is 16.4. The molecule has 9 nitrogen and oxygen atoms in total. The van der Waals surface area contributed by atoms with Crippen LogP contribution in [0.25, 0.3) is 10.9 Å². The predicted molar refractivity (Wildman–Crippen MR) is 121 cm³/mol. The average Bonchev–Trinajstić information content (AvgIpc) is 3.28. The number of carbonyl (C=O) groups is 2. The van der Waals surface area contributed by atoms with E-state index >= 15 is 0 Å². The molecule has 2 aliphatic rings. The molecule has 3 heterocycles. The summed E-state index contributed by atoms with van der Waals surface area (Å²) in [6, 6.07) is 3.54. The Labute approximate surface area is 188 Å². The zero-order chi connectivity index (χ0) is 22.8. The van der Waals surface area contributed by atoms with Gasteiger partial charge in [0.15, 0.2) is 11.5 Å². The number of rotatable bonds is 5. The number of piperazine rings is 1. The first kappa shape index (κ1) is 22.3. The van der Waals surface area contributed by atoms with Gasteiger partial charge >= 0.3 is 0 Å². The Morgan fingerprint density at radius 1 is 0.875 bits per heavy atom. The average molecular weight is 445 g/mol. The topological polar surface area (TPSA) is 87.3 Å². The number of methoxy groups -OCH3 is 3. The van der Waals surface area contributed by atoms with Crippen molar-refractivity contribution >= 4 is 22.7 Å². The van der Waals surface area contributed by atoms with E-state index in [1.807, 2.05) is 9.80 Å². The van der Waals surface area contributed by atoms with Gasteiger partial charge in [0.05, 0.1) is 26.8 Å². The molecule has 2 fully saturated rings. The van der Waals surface area contributed by atoms with Gasteiger partial charge in [-0.05, 0) is 26.0 Å².